The molecule has 17 heavy (non-hydrogen) atoms. The Balaban J connectivity index is 2.87. The smallest absolute Gasteiger partial charge is 0.238 e. The summed E-state index contributed by atoms with van der Waals surface area (Å²) in [4.78, 5) is 7.53. The van der Waals surface area contributed by atoms with Gasteiger partial charge in [0.1, 0.15) is 5.82 Å². The predicted molar refractivity (Wildman–Crippen MR) is 53.4 cm³/mol. The fraction of sp³-hybridized carbons (Fsp3) is 0.636. The molecule has 0 aliphatic heterocycles. The Hall–Kier alpha value is -1.20. The van der Waals surface area contributed by atoms with Crippen molar-refractivity contribution in [1.82, 2.24) is 9.97 Å². The van der Waals surface area contributed by atoms with E-state index in [1.807, 2.05) is 0 Å². The summed E-state index contributed by atoms with van der Waals surface area (Å²) >= 11 is 0. The molecule has 0 spiro atoms. The summed E-state index contributed by atoms with van der Waals surface area (Å²) in [5.41, 5.74) is -3.05. The zero-order chi connectivity index (χ0) is 13.2. The van der Waals surface area contributed by atoms with Gasteiger partial charge in [0.15, 0.2) is 0 Å². The first-order chi connectivity index (χ1) is 7.53. The summed E-state index contributed by atoms with van der Waals surface area (Å²) in [6.07, 6.45) is 0. The zero-order valence-corrected chi connectivity index (χ0v) is 9.91. The molecule has 0 saturated heterocycles. The SMILES string of the molecule is Cc1nc(C)c2c(n1)C(C)(C)C(F)(F)C2(F)F. The maximum absolute atomic E-state index is 13.8. The van der Waals surface area contributed by atoms with Crippen LogP contribution in [0.25, 0.3) is 0 Å². The van der Waals surface area contributed by atoms with E-state index < -0.39 is 22.8 Å². The van der Waals surface area contributed by atoms with Crippen LogP contribution in [-0.4, -0.2) is 15.9 Å². The molecule has 1 aliphatic rings. The van der Waals surface area contributed by atoms with E-state index >= 15 is 0 Å². The summed E-state index contributed by atoms with van der Waals surface area (Å²) < 4.78 is 55.1. The van der Waals surface area contributed by atoms with E-state index in [1.54, 1.807) is 0 Å². The maximum atomic E-state index is 13.8. The Morgan fingerprint density at radius 1 is 0.941 bits per heavy atom. The minimum atomic E-state index is -4.22. The van der Waals surface area contributed by atoms with Crippen LogP contribution >= 0.6 is 0 Å². The van der Waals surface area contributed by atoms with Crippen LogP contribution < -0.4 is 0 Å². The van der Waals surface area contributed by atoms with Gasteiger partial charge in [-0.25, -0.2) is 9.97 Å². The highest BCUT2D eigenvalue weighted by Gasteiger charge is 2.74. The van der Waals surface area contributed by atoms with Crippen LogP contribution in [0.5, 0.6) is 0 Å². The quantitative estimate of drug-likeness (QED) is 0.659. The summed E-state index contributed by atoms with van der Waals surface area (Å²) in [5, 5.41) is 0. The highest BCUT2D eigenvalue weighted by Crippen LogP contribution is 2.61. The van der Waals surface area contributed by atoms with Crippen LogP contribution in [0.4, 0.5) is 17.6 Å². The number of fused-ring (bicyclic) bond motifs is 1. The summed E-state index contributed by atoms with van der Waals surface area (Å²) in [7, 11) is 0. The molecule has 1 aliphatic carbocycles. The number of rotatable bonds is 0. The van der Waals surface area contributed by atoms with Crippen LogP contribution in [0.3, 0.4) is 0 Å². The van der Waals surface area contributed by atoms with E-state index in [1.165, 1.54) is 13.8 Å². The Kier molecular flexibility index (Phi) is 2.14. The number of nitrogens with zero attached hydrogens (tertiary/aromatic N) is 2. The molecule has 0 N–H and O–H groups in total. The van der Waals surface area contributed by atoms with Crippen LogP contribution in [0.2, 0.25) is 0 Å². The van der Waals surface area contributed by atoms with Crippen LogP contribution in [0.1, 0.15) is 36.6 Å². The van der Waals surface area contributed by atoms with Gasteiger partial charge in [-0.3, -0.25) is 0 Å². The van der Waals surface area contributed by atoms with Crippen molar-refractivity contribution in [1.29, 1.82) is 0 Å². The number of aromatic nitrogens is 2. The molecule has 1 heterocycles. The largest absolute Gasteiger partial charge is 0.339 e. The molecule has 0 aromatic carbocycles. The number of hydrogen-bond donors (Lipinski definition) is 0. The first kappa shape index (κ1) is 12.3. The third kappa shape index (κ3) is 1.21. The normalized spacial score (nSPS) is 23.5. The van der Waals surface area contributed by atoms with Gasteiger partial charge in [-0.1, -0.05) is 0 Å². The standard InChI is InChI=1S/C11H12F4N2/c1-5-7-8(17-6(2)16-5)9(3,4)11(14,15)10(7,12)13/h1-4H3. The average Bonchev–Trinajstić information content (AvgIpc) is 2.23. The van der Waals surface area contributed by atoms with E-state index in [-0.39, 0.29) is 17.2 Å². The first-order valence-electron chi connectivity index (χ1n) is 5.15. The van der Waals surface area contributed by atoms with Gasteiger partial charge in [-0.05, 0) is 27.7 Å². The molecular weight excluding hydrogens is 236 g/mol. The van der Waals surface area contributed by atoms with Gasteiger partial charge in [0.05, 0.1) is 22.4 Å². The van der Waals surface area contributed by atoms with E-state index in [9.17, 15) is 17.6 Å². The maximum Gasteiger partial charge on any atom is 0.339 e. The van der Waals surface area contributed by atoms with Crippen LogP contribution in [0.15, 0.2) is 0 Å². The Morgan fingerprint density at radius 3 is 2.00 bits per heavy atom. The molecule has 1 aromatic rings. The molecule has 0 amide bonds. The molecule has 0 fully saturated rings. The highest BCUT2D eigenvalue weighted by atomic mass is 19.3. The number of alkyl halides is 4. The van der Waals surface area contributed by atoms with Crippen molar-refractivity contribution in [2.75, 3.05) is 0 Å². The Morgan fingerprint density at radius 2 is 1.47 bits per heavy atom. The average molecular weight is 248 g/mol. The summed E-state index contributed by atoms with van der Waals surface area (Å²) in [6.45, 7) is 4.97. The van der Waals surface area contributed by atoms with Gasteiger partial charge in [0.2, 0.25) is 0 Å². The Bertz CT molecular complexity index is 494. The van der Waals surface area contributed by atoms with E-state index in [2.05, 4.69) is 9.97 Å². The molecule has 0 bridgehead atoms. The van der Waals surface area contributed by atoms with Crippen molar-refractivity contribution >= 4 is 0 Å². The second-order valence-electron chi connectivity index (χ2n) is 4.85. The van der Waals surface area contributed by atoms with Crippen molar-refractivity contribution in [3.63, 3.8) is 0 Å². The molecule has 0 unspecified atom stereocenters. The molecule has 0 radical (unpaired) electrons. The first-order valence-corrected chi connectivity index (χ1v) is 5.15. The topological polar surface area (TPSA) is 25.8 Å². The van der Waals surface area contributed by atoms with E-state index in [0.717, 1.165) is 13.8 Å². The lowest BCUT2D eigenvalue weighted by Crippen LogP contribution is -2.45. The molecule has 2 nitrogen and oxygen atoms in total. The second-order valence-corrected chi connectivity index (χ2v) is 4.85. The minimum absolute atomic E-state index is 0.0808. The summed E-state index contributed by atoms with van der Waals surface area (Å²) in [5.74, 6) is -8.15. The molecule has 0 atom stereocenters. The third-order valence-corrected chi connectivity index (χ3v) is 3.29. The van der Waals surface area contributed by atoms with Gasteiger partial charge < -0.3 is 0 Å². The lowest BCUT2D eigenvalue weighted by atomic mass is 9.86. The van der Waals surface area contributed by atoms with Crippen LogP contribution in [-0.2, 0) is 11.3 Å². The second kappa shape index (κ2) is 2.97. The monoisotopic (exact) mass is 248 g/mol. The van der Waals surface area contributed by atoms with E-state index in [0.29, 0.717) is 0 Å². The lowest BCUT2D eigenvalue weighted by molar-refractivity contribution is -0.232. The molecule has 0 saturated carbocycles. The fourth-order valence-electron chi connectivity index (χ4n) is 2.24. The molecular formula is C11H12F4N2. The minimum Gasteiger partial charge on any atom is -0.238 e. The van der Waals surface area contributed by atoms with Gasteiger partial charge in [0.25, 0.3) is 0 Å². The van der Waals surface area contributed by atoms with Gasteiger partial charge in [0, 0.05) is 0 Å². The lowest BCUT2D eigenvalue weighted by Gasteiger charge is -2.29. The molecule has 1 aromatic heterocycles. The number of hydrogen-bond acceptors (Lipinski definition) is 2. The highest BCUT2D eigenvalue weighted by molar-refractivity contribution is 5.45. The van der Waals surface area contributed by atoms with Gasteiger partial charge >= 0.3 is 11.8 Å². The van der Waals surface area contributed by atoms with Gasteiger partial charge in [-0.2, -0.15) is 17.6 Å². The number of aryl methyl sites for hydroxylation is 2. The Labute approximate surface area is 96.1 Å². The van der Waals surface area contributed by atoms with Crippen LogP contribution in [0, 0.1) is 13.8 Å². The van der Waals surface area contributed by atoms with E-state index in [4.69, 9.17) is 0 Å². The summed E-state index contributed by atoms with van der Waals surface area (Å²) in [6, 6.07) is 0. The zero-order valence-electron chi connectivity index (χ0n) is 9.91. The van der Waals surface area contributed by atoms with Crippen molar-refractivity contribution in [2.24, 2.45) is 0 Å². The van der Waals surface area contributed by atoms with Crippen molar-refractivity contribution in [3.8, 4) is 0 Å². The molecule has 94 valence electrons. The van der Waals surface area contributed by atoms with Crippen molar-refractivity contribution in [2.45, 2.75) is 45.0 Å². The molecule has 6 heteroatoms. The number of halogens is 4. The third-order valence-electron chi connectivity index (χ3n) is 3.29. The molecule has 2 rings (SSSR count). The van der Waals surface area contributed by atoms with Crippen molar-refractivity contribution in [3.05, 3.63) is 22.8 Å². The fourth-order valence-corrected chi connectivity index (χ4v) is 2.24. The van der Waals surface area contributed by atoms with Crippen molar-refractivity contribution < 1.29 is 17.6 Å². The predicted octanol–water partition coefficient (Wildman–Crippen LogP) is 3.11. The van der Waals surface area contributed by atoms with Gasteiger partial charge in [-0.15, -0.1) is 0 Å².